The second kappa shape index (κ2) is 2.62. The van der Waals surface area contributed by atoms with Crippen molar-refractivity contribution in [2.45, 2.75) is 6.92 Å². The zero-order chi connectivity index (χ0) is 8.43. The highest BCUT2D eigenvalue weighted by Gasteiger charge is 2.00. The lowest BCUT2D eigenvalue weighted by atomic mass is 10.2. The molecule has 58 valence electrons. The summed E-state index contributed by atoms with van der Waals surface area (Å²) in [6.07, 6.45) is 1.64. The Labute approximate surface area is 65.7 Å². The van der Waals surface area contributed by atoms with Crippen molar-refractivity contribution in [1.82, 2.24) is 4.98 Å². The van der Waals surface area contributed by atoms with E-state index in [1.54, 1.807) is 6.08 Å². The van der Waals surface area contributed by atoms with Gasteiger partial charge in [-0.2, -0.15) is 0 Å². The number of hydrogen-bond donors (Lipinski definition) is 2. The summed E-state index contributed by atoms with van der Waals surface area (Å²) in [7, 11) is 0. The van der Waals surface area contributed by atoms with Crippen LogP contribution >= 0.6 is 0 Å². The fraction of sp³-hybridized carbons (Fsp3) is 0.125. The molecular formula is C8H11N3. The molecule has 0 aliphatic rings. The van der Waals surface area contributed by atoms with Crippen molar-refractivity contribution >= 4 is 17.6 Å². The molecule has 0 aromatic carbocycles. The van der Waals surface area contributed by atoms with Crippen LogP contribution in [0.15, 0.2) is 12.6 Å². The van der Waals surface area contributed by atoms with Gasteiger partial charge in [0.25, 0.3) is 0 Å². The first-order valence-corrected chi connectivity index (χ1v) is 3.30. The van der Waals surface area contributed by atoms with Crippen LogP contribution < -0.4 is 11.5 Å². The first kappa shape index (κ1) is 7.60. The third kappa shape index (κ3) is 1.32. The van der Waals surface area contributed by atoms with Crippen LogP contribution in [0.25, 0.3) is 6.08 Å². The Morgan fingerprint density at radius 3 is 2.64 bits per heavy atom. The maximum absolute atomic E-state index is 5.58. The third-order valence-corrected chi connectivity index (χ3v) is 1.52. The number of nitrogen functional groups attached to an aromatic ring is 2. The molecule has 4 N–H and O–H groups in total. The Balaban J connectivity index is 3.31. The quantitative estimate of drug-likeness (QED) is 0.630. The second-order valence-corrected chi connectivity index (χ2v) is 2.37. The highest BCUT2D eigenvalue weighted by Crippen LogP contribution is 2.17. The average molecular weight is 149 g/mol. The first-order valence-electron chi connectivity index (χ1n) is 3.30. The molecule has 0 bridgehead atoms. The number of anilines is 2. The minimum atomic E-state index is 0.375. The maximum atomic E-state index is 5.58. The van der Waals surface area contributed by atoms with Crippen LogP contribution in [0.4, 0.5) is 11.5 Å². The van der Waals surface area contributed by atoms with Gasteiger partial charge in [-0.25, -0.2) is 4.98 Å². The van der Waals surface area contributed by atoms with Crippen LogP contribution in [0.2, 0.25) is 0 Å². The van der Waals surface area contributed by atoms with Gasteiger partial charge in [-0.1, -0.05) is 6.58 Å². The number of rotatable bonds is 1. The number of pyridine rings is 1. The summed E-state index contributed by atoms with van der Waals surface area (Å²) in [5.74, 6) is 0.375. The van der Waals surface area contributed by atoms with Gasteiger partial charge in [0.15, 0.2) is 0 Å². The van der Waals surface area contributed by atoms with Crippen molar-refractivity contribution in [3.05, 3.63) is 23.9 Å². The molecule has 0 fully saturated rings. The van der Waals surface area contributed by atoms with E-state index in [9.17, 15) is 0 Å². The van der Waals surface area contributed by atoms with Gasteiger partial charge in [-0.3, -0.25) is 0 Å². The molecule has 0 spiro atoms. The van der Waals surface area contributed by atoms with Gasteiger partial charge >= 0.3 is 0 Å². The number of nitrogens with two attached hydrogens (primary N) is 2. The van der Waals surface area contributed by atoms with Crippen molar-refractivity contribution in [3.8, 4) is 0 Å². The van der Waals surface area contributed by atoms with Crippen molar-refractivity contribution in [2.75, 3.05) is 11.5 Å². The normalized spacial score (nSPS) is 9.55. The zero-order valence-corrected chi connectivity index (χ0v) is 6.46. The topological polar surface area (TPSA) is 64.9 Å². The maximum Gasteiger partial charge on any atom is 0.147 e. The summed E-state index contributed by atoms with van der Waals surface area (Å²) >= 11 is 0. The van der Waals surface area contributed by atoms with E-state index in [0.29, 0.717) is 11.5 Å². The lowest BCUT2D eigenvalue weighted by Gasteiger charge is -2.03. The number of nitrogens with zero attached hydrogens (tertiary/aromatic N) is 1. The standard InChI is InChI=1S/C8H11N3/c1-3-6-4-5(2)7(9)8(10)11-6/h3-4H,1,9H2,2H3,(H2,10,11). The number of aryl methyl sites for hydroxylation is 1. The Morgan fingerprint density at radius 2 is 2.18 bits per heavy atom. The third-order valence-electron chi connectivity index (χ3n) is 1.52. The number of hydrogen-bond acceptors (Lipinski definition) is 3. The van der Waals surface area contributed by atoms with Gasteiger partial charge in [0.2, 0.25) is 0 Å². The summed E-state index contributed by atoms with van der Waals surface area (Å²) < 4.78 is 0. The predicted octanol–water partition coefficient (Wildman–Crippen LogP) is 1.20. The van der Waals surface area contributed by atoms with Gasteiger partial charge in [0.1, 0.15) is 5.82 Å². The lowest BCUT2D eigenvalue weighted by Crippen LogP contribution is -2.01. The van der Waals surface area contributed by atoms with Gasteiger partial charge in [0.05, 0.1) is 11.4 Å². The van der Waals surface area contributed by atoms with Gasteiger partial charge in [-0.15, -0.1) is 0 Å². The highest BCUT2D eigenvalue weighted by atomic mass is 14.9. The van der Waals surface area contributed by atoms with Crippen LogP contribution in [0.5, 0.6) is 0 Å². The van der Waals surface area contributed by atoms with Crippen molar-refractivity contribution in [2.24, 2.45) is 0 Å². The largest absolute Gasteiger partial charge is 0.396 e. The molecule has 3 nitrogen and oxygen atoms in total. The van der Waals surface area contributed by atoms with Gasteiger partial charge in [-0.05, 0) is 24.6 Å². The second-order valence-electron chi connectivity index (χ2n) is 2.37. The van der Waals surface area contributed by atoms with E-state index >= 15 is 0 Å². The smallest absolute Gasteiger partial charge is 0.147 e. The molecule has 11 heavy (non-hydrogen) atoms. The van der Waals surface area contributed by atoms with E-state index < -0.39 is 0 Å². The van der Waals surface area contributed by atoms with Gasteiger partial charge in [0, 0.05) is 0 Å². The van der Waals surface area contributed by atoms with Crippen LogP contribution in [-0.4, -0.2) is 4.98 Å². The predicted molar refractivity (Wildman–Crippen MR) is 47.9 cm³/mol. The summed E-state index contributed by atoms with van der Waals surface area (Å²) in [6, 6.07) is 1.85. The minimum Gasteiger partial charge on any atom is -0.396 e. The fourth-order valence-corrected chi connectivity index (χ4v) is 0.838. The summed E-state index contributed by atoms with van der Waals surface area (Å²) in [5, 5.41) is 0. The molecule has 0 saturated carbocycles. The molecule has 0 saturated heterocycles. The van der Waals surface area contributed by atoms with Gasteiger partial charge < -0.3 is 11.5 Å². The van der Waals surface area contributed by atoms with E-state index in [0.717, 1.165) is 11.3 Å². The van der Waals surface area contributed by atoms with E-state index in [2.05, 4.69) is 11.6 Å². The molecule has 1 aromatic rings. The van der Waals surface area contributed by atoms with Crippen LogP contribution in [-0.2, 0) is 0 Å². The molecule has 0 amide bonds. The lowest BCUT2D eigenvalue weighted by molar-refractivity contribution is 1.27. The minimum absolute atomic E-state index is 0.375. The zero-order valence-electron chi connectivity index (χ0n) is 6.46. The van der Waals surface area contributed by atoms with E-state index in [1.165, 1.54) is 0 Å². The Bertz CT molecular complexity index is 268. The van der Waals surface area contributed by atoms with E-state index in [1.807, 2.05) is 13.0 Å². The molecule has 1 heterocycles. The molecule has 0 radical (unpaired) electrons. The van der Waals surface area contributed by atoms with Crippen molar-refractivity contribution in [3.63, 3.8) is 0 Å². The van der Waals surface area contributed by atoms with E-state index in [4.69, 9.17) is 11.5 Å². The Morgan fingerprint density at radius 1 is 1.55 bits per heavy atom. The number of aromatic nitrogens is 1. The molecule has 0 unspecified atom stereocenters. The molecule has 1 aromatic heterocycles. The van der Waals surface area contributed by atoms with Crippen LogP contribution in [0.1, 0.15) is 11.3 Å². The molecule has 3 heteroatoms. The molecule has 0 atom stereocenters. The first-order chi connectivity index (χ1) is 5.15. The van der Waals surface area contributed by atoms with Crippen molar-refractivity contribution < 1.29 is 0 Å². The Kier molecular flexibility index (Phi) is 1.81. The fourth-order valence-electron chi connectivity index (χ4n) is 0.838. The molecule has 0 aliphatic heterocycles. The highest BCUT2D eigenvalue weighted by molar-refractivity contribution is 5.65. The monoisotopic (exact) mass is 149 g/mol. The molecule has 1 rings (SSSR count). The summed E-state index contributed by atoms with van der Waals surface area (Å²) in [6.45, 7) is 5.47. The van der Waals surface area contributed by atoms with Crippen molar-refractivity contribution in [1.29, 1.82) is 0 Å². The average Bonchev–Trinajstić information content (AvgIpc) is 1.99. The summed E-state index contributed by atoms with van der Waals surface area (Å²) in [4.78, 5) is 3.99. The molecule has 0 aliphatic carbocycles. The molecular weight excluding hydrogens is 138 g/mol. The van der Waals surface area contributed by atoms with Crippen LogP contribution in [0.3, 0.4) is 0 Å². The van der Waals surface area contributed by atoms with Crippen LogP contribution in [0, 0.1) is 6.92 Å². The Hall–Kier alpha value is -1.51. The van der Waals surface area contributed by atoms with E-state index in [-0.39, 0.29) is 0 Å². The SMILES string of the molecule is C=Cc1cc(C)c(N)c(N)n1. The summed E-state index contributed by atoms with van der Waals surface area (Å²) in [5.41, 5.74) is 13.3.